The molecule has 90 valence electrons. The van der Waals surface area contributed by atoms with Gasteiger partial charge in [0.1, 0.15) is 5.82 Å². The summed E-state index contributed by atoms with van der Waals surface area (Å²) in [4.78, 5) is 4.28. The molecule has 1 fully saturated rings. The Labute approximate surface area is 96.7 Å². The second-order valence-corrected chi connectivity index (χ2v) is 5.03. The molecule has 0 amide bonds. The normalized spacial score (nSPS) is 25.3. The summed E-state index contributed by atoms with van der Waals surface area (Å²) in [6, 6.07) is 0. The van der Waals surface area contributed by atoms with Crippen LogP contribution in [-0.4, -0.2) is 33.3 Å². The molecule has 1 saturated heterocycles. The quantitative estimate of drug-likeness (QED) is 0.793. The van der Waals surface area contributed by atoms with E-state index < -0.39 is 5.60 Å². The second kappa shape index (κ2) is 4.55. The van der Waals surface area contributed by atoms with Gasteiger partial charge in [-0.25, -0.2) is 4.98 Å². The summed E-state index contributed by atoms with van der Waals surface area (Å²) in [5.74, 6) is 1.29. The maximum Gasteiger partial charge on any atom is 0.111 e. The van der Waals surface area contributed by atoms with Crippen LogP contribution in [0.1, 0.15) is 25.6 Å². The van der Waals surface area contributed by atoms with Crippen LogP contribution < -0.4 is 5.32 Å². The molecule has 2 rings (SSSR count). The van der Waals surface area contributed by atoms with E-state index in [9.17, 15) is 5.11 Å². The van der Waals surface area contributed by atoms with Gasteiger partial charge in [0, 0.05) is 38.3 Å². The van der Waals surface area contributed by atoms with Crippen LogP contribution in [0, 0.1) is 5.92 Å². The number of piperidine rings is 1. The summed E-state index contributed by atoms with van der Waals surface area (Å²) < 4.78 is 1.98. The number of hydrogen-bond donors (Lipinski definition) is 2. The Morgan fingerprint density at radius 3 is 3.06 bits per heavy atom. The summed E-state index contributed by atoms with van der Waals surface area (Å²) in [6.45, 7) is 3.92. The van der Waals surface area contributed by atoms with Gasteiger partial charge in [-0.3, -0.25) is 0 Å². The Kier molecular flexibility index (Phi) is 3.30. The van der Waals surface area contributed by atoms with Crippen molar-refractivity contribution in [3.8, 4) is 0 Å². The molecule has 0 bridgehead atoms. The first-order valence-electron chi connectivity index (χ1n) is 5.99. The van der Waals surface area contributed by atoms with Gasteiger partial charge in [-0.15, -0.1) is 0 Å². The number of aryl methyl sites for hydroxylation is 1. The lowest BCUT2D eigenvalue weighted by Crippen LogP contribution is -2.46. The molecular formula is C12H21N3O. The van der Waals surface area contributed by atoms with Crippen molar-refractivity contribution < 1.29 is 5.11 Å². The molecule has 2 atom stereocenters. The number of hydrogen-bond acceptors (Lipinski definition) is 3. The SMILES string of the molecule is Cn1ccnc1CC(C)(O)C1CCCNC1. The smallest absolute Gasteiger partial charge is 0.111 e. The molecular weight excluding hydrogens is 202 g/mol. The van der Waals surface area contributed by atoms with E-state index in [-0.39, 0.29) is 0 Å². The molecule has 4 nitrogen and oxygen atoms in total. The molecule has 0 saturated carbocycles. The number of imidazole rings is 1. The van der Waals surface area contributed by atoms with E-state index in [1.54, 1.807) is 6.20 Å². The van der Waals surface area contributed by atoms with E-state index in [0.29, 0.717) is 12.3 Å². The zero-order valence-electron chi connectivity index (χ0n) is 10.1. The molecule has 0 aliphatic carbocycles. The predicted octanol–water partition coefficient (Wildman–Crippen LogP) is 0.713. The van der Waals surface area contributed by atoms with Crippen LogP contribution in [0.3, 0.4) is 0 Å². The largest absolute Gasteiger partial charge is 0.389 e. The average Bonchev–Trinajstić information content (AvgIpc) is 2.65. The van der Waals surface area contributed by atoms with Crippen molar-refractivity contribution in [3.05, 3.63) is 18.2 Å². The summed E-state index contributed by atoms with van der Waals surface area (Å²) in [5, 5.41) is 13.9. The van der Waals surface area contributed by atoms with Gasteiger partial charge >= 0.3 is 0 Å². The van der Waals surface area contributed by atoms with Gasteiger partial charge in [0.15, 0.2) is 0 Å². The summed E-state index contributed by atoms with van der Waals surface area (Å²) in [6.07, 6.45) is 6.59. The molecule has 0 radical (unpaired) electrons. The molecule has 0 spiro atoms. The second-order valence-electron chi connectivity index (χ2n) is 5.03. The highest BCUT2D eigenvalue weighted by molar-refractivity contribution is 4.99. The highest BCUT2D eigenvalue weighted by Gasteiger charge is 2.33. The molecule has 16 heavy (non-hydrogen) atoms. The van der Waals surface area contributed by atoms with E-state index in [0.717, 1.165) is 31.8 Å². The molecule has 1 aromatic rings. The molecule has 0 aromatic carbocycles. The van der Waals surface area contributed by atoms with Crippen molar-refractivity contribution in [1.82, 2.24) is 14.9 Å². The first-order chi connectivity index (χ1) is 7.59. The van der Waals surface area contributed by atoms with Crippen LogP contribution in [-0.2, 0) is 13.5 Å². The van der Waals surface area contributed by atoms with Crippen LogP contribution in [0.5, 0.6) is 0 Å². The van der Waals surface area contributed by atoms with Crippen LogP contribution in [0.25, 0.3) is 0 Å². The summed E-state index contributed by atoms with van der Waals surface area (Å²) in [7, 11) is 1.97. The topological polar surface area (TPSA) is 50.1 Å². The highest BCUT2D eigenvalue weighted by atomic mass is 16.3. The minimum Gasteiger partial charge on any atom is -0.389 e. The highest BCUT2D eigenvalue weighted by Crippen LogP contribution is 2.26. The number of aliphatic hydroxyl groups is 1. The average molecular weight is 223 g/mol. The molecule has 4 heteroatoms. The van der Waals surface area contributed by atoms with Crippen molar-refractivity contribution in [1.29, 1.82) is 0 Å². The van der Waals surface area contributed by atoms with Crippen molar-refractivity contribution >= 4 is 0 Å². The van der Waals surface area contributed by atoms with E-state index in [4.69, 9.17) is 0 Å². The third-order valence-corrected chi connectivity index (χ3v) is 3.61. The lowest BCUT2D eigenvalue weighted by Gasteiger charge is -2.35. The molecule has 2 unspecified atom stereocenters. The van der Waals surface area contributed by atoms with Gasteiger partial charge in [-0.2, -0.15) is 0 Å². The van der Waals surface area contributed by atoms with Gasteiger partial charge in [0.2, 0.25) is 0 Å². The number of aromatic nitrogens is 2. The fourth-order valence-corrected chi connectivity index (χ4v) is 2.41. The van der Waals surface area contributed by atoms with Crippen LogP contribution in [0.2, 0.25) is 0 Å². The lowest BCUT2D eigenvalue weighted by atomic mass is 9.81. The molecule has 1 aromatic heterocycles. The lowest BCUT2D eigenvalue weighted by molar-refractivity contribution is -0.0122. The maximum atomic E-state index is 10.5. The monoisotopic (exact) mass is 223 g/mol. The van der Waals surface area contributed by atoms with Crippen molar-refractivity contribution in [2.75, 3.05) is 13.1 Å². The van der Waals surface area contributed by atoms with Crippen molar-refractivity contribution in [3.63, 3.8) is 0 Å². The Bertz CT molecular complexity index is 340. The van der Waals surface area contributed by atoms with Crippen molar-refractivity contribution in [2.24, 2.45) is 13.0 Å². The van der Waals surface area contributed by atoms with E-state index in [2.05, 4.69) is 10.3 Å². The Balaban J connectivity index is 2.04. The fraction of sp³-hybridized carbons (Fsp3) is 0.750. The third kappa shape index (κ3) is 2.44. The van der Waals surface area contributed by atoms with Gasteiger partial charge in [0.05, 0.1) is 5.60 Å². The fourth-order valence-electron chi connectivity index (χ4n) is 2.41. The minimum absolute atomic E-state index is 0.331. The van der Waals surface area contributed by atoms with E-state index in [1.165, 1.54) is 0 Å². The number of rotatable bonds is 3. The maximum absolute atomic E-state index is 10.5. The first-order valence-corrected chi connectivity index (χ1v) is 5.99. The number of nitrogens with one attached hydrogen (secondary N) is 1. The zero-order valence-corrected chi connectivity index (χ0v) is 10.1. The summed E-state index contributed by atoms with van der Waals surface area (Å²) in [5.41, 5.74) is -0.660. The standard InChI is InChI=1S/C12H21N3O/c1-12(16,10-4-3-5-13-9-10)8-11-14-6-7-15(11)2/h6-7,10,13,16H,3-5,8-9H2,1-2H3. The van der Waals surface area contributed by atoms with Crippen LogP contribution in [0.4, 0.5) is 0 Å². The molecule has 1 aliphatic rings. The van der Waals surface area contributed by atoms with Crippen LogP contribution >= 0.6 is 0 Å². The van der Waals surface area contributed by atoms with Gasteiger partial charge in [-0.05, 0) is 26.3 Å². The van der Waals surface area contributed by atoms with E-state index >= 15 is 0 Å². The van der Waals surface area contributed by atoms with Gasteiger partial charge < -0.3 is 15.0 Å². The van der Waals surface area contributed by atoms with Crippen molar-refractivity contribution in [2.45, 2.75) is 31.8 Å². The Hall–Kier alpha value is -0.870. The Morgan fingerprint density at radius 1 is 1.69 bits per heavy atom. The summed E-state index contributed by atoms with van der Waals surface area (Å²) >= 11 is 0. The molecule has 1 aliphatic heterocycles. The molecule has 2 N–H and O–H groups in total. The molecule has 2 heterocycles. The zero-order chi connectivity index (χ0) is 11.6. The Morgan fingerprint density at radius 2 is 2.50 bits per heavy atom. The first kappa shape index (κ1) is 11.6. The number of nitrogens with zero attached hydrogens (tertiary/aromatic N) is 2. The van der Waals surface area contributed by atoms with Crippen LogP contribution in [0.15, 0.2) is 12.4 Å². The minimum atomic E-state index is -0.660. The van der Waals surface area contributed by atoms with E-state index in [1.807, 2.05) is 24.7 Å². The van der Waals surface area contributed by atoms with Gasteiger partial charge in [0.25, 0.3) is 0 Å². The predicted molar refractivity (Wildman–Crippen MR) is 63.1 cm³/mol. The van der Waals surface area contributed by atoms with Gasteiger partial charge in [-0.1, -0.05) is 0 Å². The third-order valence-electron chi connectivity index (χ3n) is 3.61.